The van der Waals surface area contributed by atoms with Gasteiger partial charge in [0.1, 0.15) is 5.75 Å². The number of nitrogens with one attached hydrogen (secondary N) is 1. The first-order valence-electron chi connectivity index (χ1n) is 7.53. The second-order valence-corrected chi connectivity index (χ2v) is 5.21. The Morgan fingerprint density at radius 3 is 2.62 bits per heavy atom. The van der Waals surface area contributed by atoms with Crippen LogP contribution in [0.15, 0.2) is 24.3 Å². The number of amides is 1. The SMILES string of the molecule is CCN(CC)CCCCNC(=O)COc1ccccc1Cl. The molecule has 0 radical (unpaired) electrons. The molecule has 0 aliphatic heterocycles. The highest BCUT2D eigenvalue weighted by Gasteiger charge is 2.05. The van der Waals surface area contributed by atoms with E-state index in [1.165, 1.54) is 0 Å². The van der Waals surface area contributed by atoms with Gasteiger partial charge in [0.05, 0.1) is 5.02 Å². The fourth-order valence-corrected chi connectivity index (χ4v) is 2.17. The zero-order chi connectivity index (χ0) is 15.5. The molecule has 0 fully saturated rings. The number of carbonyl (C=O) groups excluding carboxylic acids is 1. The molecule has 0 aliphatic rings. The summed E-state index contributed by atoms with van der Waals surface area (Å²) in [4.78, 5) is 14.0. The van der Waals surface area contributed by atoms with E-state index in [1.807, 2.05) is 12.1 Å². The molecule has 0 aliphatic carbocycles. The van der Waals surface area contributed by atoms with Gasteiger partial charge in [0.25, 0.3) is 5.91 Å². The van der Waals surface area contributed by atoms with Crippen LogP contribution >= 0.6 is 11.6 Å². The molecule has 0 saturated carbocycles. The molecule has 1 rings (SSSR count). The van der Waals surface area contributed by atoms with Crippen LogP contribution in [0.1, 0.15) is 26.7 Å². The molecule has 0 atom stereocenters. The molecule has 0 unspecified atom stereocenters. The van der Waals surface area contributed by atoms with Gasteiger partial charge in [-0.3, -0.25) is 4.79 Å². The second kappa shape index (κ2) is 10.5. The average Bonchev–Trinajstić information content (AvgIpc) is 2.50. The van der Waals surface area contributed by atoms with Crippen molar-refractivity contribution in [1.82, 2.24) is 10.2 Å². The summed E-state index contributed by atoms with van der Waals surface area (Å²) in [5.74, 6) is 0.425. The van der Waals surface area contributed by atoms with E-state index in [1.54, 1.807) is 12.1 Å². The molecule has 5 heteroatoms. The van der Waals surface area contributed by atoms with Crippen LogP contribution < -0.4 is 10.1 Å². The molecule has 0 spiro atoms. The maximum atomic E-state index is 11.6. The molecular formula is C16H25ClN2O2. The normalized spacial score (nSPS) is 10.7. The van der Waals surface area contributed by atoms with Crippen molar-refractivity contribution in [2.75, 3.05) is 32.8 Å². The van der Waals surface area contributed by atoms with Crippen molar-refractivity contribution in [3.05, 3.63) is 29.3 Å². The molecule has 1 amide bonds. The smallest absolute Gasteiger partial charge is 0.257 e. The van der Waals surface area contributed by atoms with Crippen molar-refractivity contribution in [2.45, 2.75) is 26.7 Å². The molecule has 0 bridgehead atoms. The lowest BCUT2D eigenvalue weighted by Gasteiger charge is -2.17. The predicted molar refractivity (Wildman–Crippen MR) is 87.0 cm³/mol. The molecule has 1 N–H and O–H groups in total. The monoisotopic (exact) mass is 312 g/mol. The van der Waals surface area contributed by atoms with E-state index in [-0.39, 0.29) is 12.5 Å². The van der Waals surface area contributed by atoms with E-state index >= 15 is 0 Å². The maximum Gasteiger partial charge on any atom is 0.257 e. The van der Waals surface area contributed by atoms with Crippen LogP contribution in [-0.4, -0.2) is 43.6 Å². The third-order valence-corrected chi connectivity index (χ3v) is 3.63. The first-order chi connectivity index (χ1) is 10.2. The molecule has 21 heavy (non-hydrogen) atoms. The highest BCUT2D eigenvalue weighted by atomic mass is 35.5. The van der Waals surface area contributed by atoms with Gasteiger partial charge in [0.2, 0.25) is 0 Å². The lowest BCUT2D eigenvalue weighted by atomic mass is 10.3. The molecule has 0 saturated heterocycles. The number of hydrogen-bond donors (Lipinski definition) is 1. The molecule has 0 aromatic heterocycles. The minimum atomic E-state index is -0.113. The summed E-state index contributed by atoms with van der Waals surface area (Å²) in [5.41, 5.74) is 0. The van der Waals surface area contributed by atoms with E-state index in [2.05, 4.69) is 24.1 Å². The van der Waals surface area contributed by atoms with Crippen LogP contribution in [0, 0.1) is 0 Å². The van der Waals surface area contributed by atoms with Gasteiger partial charge in [-0.05, 0) is 44.6 Å². The number of unbranched alkanes of at least 4 members (excludes halogenated alkanes) is 1. The van der Waals surface area contributed by atoms with E-state index in [4.69, 9.17) is 16.3 Å². The Hall–Kier alpha value is -1.26. The Balaban J connectivity index is 2.11. The van der Waals surface area contributed by atoms with E-state index in [9.17, 15) is 4.79 Å². The Labute approximate surface area is 132 Å². The Morgan fingerprint density at radius 1 is 1.24 bits per heavy atom. The van der Waals surface area contributed by atoms with Crippen LogP contribution in [0.25, 0.3) is 0 Å². The number of carbonyl (C=O) groups is 1. The number of ether oxygens (including phenoxy) is 1. The highest BCUT2D eigenvalue weighted by Crippen LogP contribution is 2.22. The van der Waals surface area contributed by atoms with Gasteiger partial charge in [-0.1, -0.05) is 37.6 Å². The summed E-state index contributed by atoms with van der Waals surface area (Å²) in [6.45, 7) is 8.25. The first-order valence-corrected chi connectivity index (χ1v) is 7.91. The second-order valence-electron chi connectivity index (χ2n) is 4.80. The number of benzene rings is 1. The zero-order valence-corrected chi connectivity index (χ0v) is 13.7. The number of para-hydroxylation sites is 1. The summed E-state index contributed by atoms with van der Waals surface area (Å²) in [6, 6.07) is 7.14. The van der Waals surface area contributed by atoms with Crippen molar-refractivity contribution in [3.8, 4) is 5.75 Å². The Kier molecular flexibility index (Phi) is 8.87. The van der Waals surface area contributed by atoms with E-state index < -0.39 is 0 Å². The molecule has 1 aromatic rings. The molecule has 1 aromatic carbocycles. The van der Waals surface area contributed by atoms with E-state index in [0.29, 0.717) is 17.3 Å². The topological polar surface area (TPSA) is 41.6 Å². The molecular weight excluding hydrogens is 288 g/mol. The summed E-state index contributed by atoms with van der Waals surface area (Å²) in [7, 11) is 0. The summed E-state index contributed by atoms with van der Waals surface area (Å²) in [6.07, 6.45) is 2.07. The summed E-state index contributed by atoms with van der Waals surface area (Å²) in [5, 5.41) is 3.37. The standard InChI is InChI=1S/C16H25ClN2O2/c1-3-19(4-2)12-8-7-11-18-16(20)13-21-15-10-6-5-9-14(15)17/h5-6,9-10H,3-4,7-8,11-13H2,1-2H3,(H,18,20). The van der Waals surface area contributed by atoms with Crippen LogP contribution in [0.4, 0.5) is 0 Å². The fraction of sp³-hybridized carbons (Fsp3) is 0.562. The third-order valence-electron chi connectivity index (χ3n) is 3.31. The molecule has 4 nitrogen and oxygen atoms in total. The predicted octanol–water partition coefficient (Wildman–Crippen LogP) is 2.96. The largest absolute Gasteiger partial charge is 0.482 e. The Morgan fingerprint density at radius 2 is 1.95 bits per heavy atom. The number of rotatable bonds is 10. The van der Waals surface area contributed by atoms with Crippen LogP contribution in [0.2, 0.25) is 5.02 Å². The van der Waals surface area contributed by atoms with Crippen molar-refractivity contribution >= 4 is 17.5 Å². The first kappa shape index (κ1) is 17.8. The van der Waals surface area contributed by atoms with Gasteiger partial charge in [-0.2, -0.15) is 0 Å². The maximum absolute atomic E-state index is 11.6. The summed E-state index contributed by atoms with van der Waals surface area (Å²) < 4.78 is 5.38. The number of hydrogen-bond acceptors (Lipinski definition) is 3. The van der Waals surface area contributed by atoms with Gasteiger partial charge in [-0.15, -0.1) is 0 Å². The minimum absolute atomic E-state index is 0.000220. The van der Waals surface area contributed by atoms with Crippen LogP contribution in [0.5, 0.6) is 5.75 Å². The highest BCUT2D eigenvalue weighted by molar-refractivity contribution is 6.32. The lowest BCUT2D eigenvalue weighted by molar-refractivity contribution is -0.123. The number of nitrogens with zero attached hydrogens (tertiary/aromatic N) is 1. The molecule has 0 heterocycles. The van der Waals surface area contributed by atoms with Crippen LogP contribution in [-0.2, 0) is 4.79 Å². The van der Waals surface area contributed by atoms with E-state index in [0.717, 1.165) is 32.5 Å². The quantitative estimate of drug-likeness (QED) is 0.675. The van der Waals surface area contributed by atoms with Crippen molar-refractivity contribution < 1.29 is 9.53 Å². The van der Waals surface area contributed by atoms with Crippen molar-refractivity contribution in [2.24, 2.45) is 0 Å². The van der Waals surface area contributed by atoms with Gasteiger partial charge in [0, 0.05) is 6.54 Å². The van der Waals surface area contributed by atoms with Gasteiger partial charge in [-0.25, -0.2) is 0 Å². The average molecular weight is 313 g/mol. The Bertz CT molecular complexity index is 422. The fourth-order valence-electron chi connectivity index (χ4n) is 1.98. The van der Waals surface area contributed by atoms with Crippen molar-refractivity contribution in [1.29, 1.82) is 0 Å². The van der Waals surface area contributed by atoms with Crippen LogP contribution in [0.3, 0.4) is 0 Å². The van der Waals surface area contributed by atoms with Crippen molar-refractivity contribution in [3.63, 3.8) is 0 Å². The number of halogens is 1. The van der Waals surface area contributed by atoms with Gasteiger partial charge >= 0.3 is 0 Å². The molecule has 118 valence electrons. The summed E-state index contributed by atoms with van der Waals surface area (Å²) >= 11 is 5.95. The van der Waals surface area contributed by atoms with Gasteiger partial charge < -0.3 is 15.0 Å². The zero-order valence-electron chi connectivity index (χ0n) is 12.9. The van der Waals surface area contributed by atoms with Gasteiger partial charge in [0.15, 0.2) is 6.61 Å². The lowest BCUT2D eigenvalue weighted by Crippen LogP contribution is -2.30. The minimum Gasteiger partial charge on any atom is -0.482 e. The third kappa shape index (κ3) is 7.34.